The lowest BCUT2D eigenvalue weighted by molar-refractivity contribution is -0.142. The van der Waals surface area contributed by atoms with E-state index in [1.165, 1.54) is 4.90 Å². The summed E-state index contributed by atoms with van der Waals surface area (Å²) >= 11 is 11.9. The fraction of sp³-hybridized carbons (Fsp3) is 0.364. The zero-order valence-corrected chi connectivity index (χ0v) is 18.3. The number of rotatable bonds is 9. The molecule has 29 heavy (non-hydrogen) atoms. The van der Waals surface area contributed by atoms with Gasteiger partial charge in [0, 0.05) is 22.6 Å². The summed E-state index contributed by atoms with van der Waals surface area (Å²) in [6, 6.07) is 13.4. The van der Waals surface area contributed by atoms with E-state index < -0.39 is 6.04 Å². The van der Waals surface area contributed by atoms with Crippen LogP contribution in [0.15, 0.2) is 48.5 Å². The Morgan fingerprint density at radius 3 is 2.38 bits per heavy atom. The minimum atomic E-state index is -0.657. The molecule has 0 saturated carbocycles. The Kier molecular flexibility index (Phi) is 8.80. The number of ether oxygens (including phenoxy) is 1. The third-order valence-electron chi connectivity index (χ3n) is 4.59. The summed E-state index contributed by atoms with van der Waals surface area (Å²) < 4.78 is 5.59. The van der Waals surface area contributed by atoms with Gasteiger partial charge >= 0.3 is 0 Å². The highest BCUT2D eigenvalue weighted by Crippen LogP contribution is 2.18. The molecule has 156 valence electrons. The average molecular weight is 437 g/mol. The first-order valence-corrected chi connectivity index (χ1v) is 10.3. The highest BCUT2D eigenvalue weighted by molar-refractivity contribution is 6.30. The van der Waals surface area contributed by atoms with Crippen molar-refractivity contribution in [2.75, 3.05) is 6.61 Å². The van der Waals surface area contributed by atoms with Crippen molar-refractivity contribution >= 4 is 35.0 Å². The van der Waals surface area contributed by atoms with Crippen LogP contribution in [0.25, 0.3) is 0 Å². The van der Waals surface area contributed by atoms with Crippen LogP contribution in [0.5, 0.6) is 5.75 Å². The molecule has 0 aromatic heterocycles. The van der Waals surface area contributed by atoms with Crippen LogP contribution in [0, 0.1) is 0 Å². The van der Waals surface area contributed by atoms with E-state index in [2.05, 4.69) is 5.32 Å². The number of hydrogen-bond acceptors (Lipinski definition) is 3. The average Bonchev–Trinajstić information content (AvgIpc) is 2.71. The summed E-state index contributed by atoms with van der Waals surface area (Å²) in [5, 5.41) is 4.06. The first-order valence-electron chi connectivity index (χ1n) is 9.52. The van der Waals surface area contributed by atoms with E-state index in [4.69, 9.17) is 27.9 Å². The molecule has 2 amide bonds. The van der Waals surface area contributed by atoms with Gasteiger partial charge in [-0.2, -0.15) is 0 Å². The summed E-state index contributed by atoms with van der Waals surface area (Å²) in [6.45, 7) is 5.70. The molecule has 2 aromatic rings. The molecule has 0 aliphatic carbocycles. The van der Waals surface area contributed by atoms with Gasteiger partial charge < -0.3 is 15.0 Å². The second-order valence-electron chi connectivity index (χ2n) is 6.89. The van der Waals surface area contributed by atoms with Crippen LogP contribution in [-0.2, 0) is 16.1 Å². The molecule has 0 saturated heterocycles. The number of nitrogens with one attached hydrogen (secondary N) is 1. The van der Waals surface area contributed by atoms with Gasteiger partial charge in [0.1, 0.15) is 11.8 Å². The lowest BCUT2D eigenvalue weighted by Gasteiger charge is -2.29. The maximum Gasteiger partial charge on any atom is 0.261 e. The number of halogens is 2. The maximum atomic E-state index is 12.9. The normalized spacial score (nSPS) is 12.7. The van der Waals surface area contributed by atoms with E-state index in [9.17, 15) is 9.59 Å². The van der Waals surface area contributed by atoms with Crippen LogP contribution in [-0.4, -0.2) is 35.4 Å². The zero-order valence-electron chi connectivity index (χ0n) is 16.8. The summed E-state index contributed by atoms with van der Waals surface area (Å²) in [5.41, 5.74) is 0.869. The van der Waals surface area contributed by atoms with Gasteiger partial charge in [-0.1, -0.05) is 48.3 Å². The molecular formula is C22H26Cl2N2O3. The molecule has 0 spiro atoms. The van der Waals surface area contributed by atoms with Gasteiger partial charge in [0.15, 0.2) is 6.61 Å². The van der Waals surface area contributed by atoms with E-state index >= 15 is 0 Å². The molecule has 0 heterocycles. The van der Waals surface area contributed by atoms with Crippen LogP contribution in [0.2, 0.25) is 10.0 Å². The van der Waals surface area contributed by atoms with E-state index in [0.29, 0.717) is 15.8 Å². The number of carbonyl (C=O) groups excluding carboxylic acids is 2. The fourth-order valence-electron chi connectivity index (χ4n) is 2.62. The molecule has 0 aliphatic heterocycles. The quantitative estimate of drug-likeness (QED) is 0.619. The van der Waals surface area contributed by atoms with Gasteiger partial charge in [-0.25, -0.2) is 0 Å². The van der Waals surface area contributed by atoms with E-state index in [1.807, 2.05) is 26.0 Å². The van der Waals surface area contributed by atoms with Crippen molar-refractivity contribution in [1.82, 2.24) is 10.2 Å². The Balaban J connectivity index is 2.14. The zero-order chi connectivity index (χ0) is 21.4. The van der Waals surface area contributed by atoms with Crippen molar-refractivity contribution in [2.45, 2.75) is 45.8 Å². The first-order chi connectivity index (χ1) is 13.8. The molecule has 0 radical (unpaired) electrons. The molecule has 5 nitrogen and oxygen atoms in total. The Labute approximate surface area is 181 Å². The third kappa shape index (κ3) is 7.26. The van der Waals surface area contributed by atoms with Crippen molar-refractivity contribution in [3.8, 4) is 5.75 Å². The van der Waals surface area contributed by atoms with Crippen LogP contribution in [0.3, 0.4) is 0 Å². The number of carbonyl (C=O) groups is 2. The number of nitrogens with zero attached hydrogens (tertiary/aromatic N) is 1. The minimum Gasteiger partial charge on any atom is -0.484 e. The van der Waals surface area contributed by atoms with E-state index in [1.54, 1.807) is 43.3 Å². The fourth-order valence-corrected chi connectivity index (χ4v) is 2.93. The van der Waals surface area contributed by atoms with E-state index in [0.717, 1.165) is 12.0 Å². The Hall–Kier alpha value is -2.24. The van der Waals surface area contributed by atoms with Crippen molar-refractivity contribution in [3.63, 3.8) is 0 Å². The van der Waals surface area contributed by atoms with Gasteiger partial charge in [-0.05, 0) is 56.2 Å². The number of amides is 2. The standard InChI is InChI=1S/C22H26Cl2N2O3/c1-4-15(2)25-22(28)16(3)26(13-17-8-10-18(23)11-9-17)21(27)14-29-20-7-5-6-19(24)12-20/h5-12,15-16H,4,13-14H2,1-3H3,(H,25,28)/t15-,16+/m1/s1. The van der Waals surface area contributed by atoms with Crippen LogP contribution < -0.4 is 10.1 Å². The third-order valence-corrected chi connectivity index (χ3v) is 5.08. The van der Waals surface area contributed by atoms with Crippen LogP contribution >= 0.6 is 23.2 Å². The van der Waals surface area contributed by atoms with Gasteiger partial charge in [0.2, 0.25) is 5.91 Å². The first kappa shape index (κ1) is 23.0. The molecule has 7 heteroatoms. The van der Waals surface area contributed by atoms with Gasteiger partial charge in [-0.15, -0.1) is 0 Å². The Morgan fingerprint density at radius 2 is 1.76 bits per heavy atom. The van der Waals surface area contributed by atoms with Crippen LogP contribution in [0.1, 0.15) is 32.8 Å². The monoisotopic (exact) mass is 436 g/mol. The van der Waals surface area contributed by atoms with Gasteiger partial charge in [0.05, 0.1) is 0 Å². The Bertz CT molecular complexity index is 827. The smallest absolute Gasteiger partial charge is 0.261 e. The van der Waals surface area contributed by atoms with Crippen molar-refractivity contribution < 1.29 is 14.3 Å². The topological polar surface area (TPSA) is 58.6 Å². The Morgan fingerprint density at radius 1 is 1.07 bits per heavy atom. The molecule has 0 fully saturated rings. The lowest BCUT2D eigenvalue weighted by Crippen LogP contribution is -2.50. The largest absolute Gasteiger partial charge is 0.484 e. The second kappa shape index (κ2) is 11.1. The SMILES string of the molecule is CC[C@@H](C)NC(=O)[C@H](C)N(Cc1ccc(Cl)cc1)C(=O)COc1cccc(Cl)c1. The summed E-state index contributed by atoms with van der Waals surface area (Å²) in [6.07, 6.45) is 0.807. The van der Waals surface area contributed by atoms with E-state index in [-0.39, 0.29) is 31.0 Å². The summed E-state index contributed by atoms with van der Waals surface area (Å²) in [5.74, 6) is -0.00912. The second-order valence-corrected chi connectivity index (χ2v) is 7.76. The maximum absolute atomic E-state index is 12.9. The van der Waals surface area contributed by atoms with Crippen molar-refractivity contribution in [1.29, 1.82) is 0 Å². The number of hydrogen-bond donors (Lipinski definition) is 1. The predicted octanol–water partition coefficient (Wildman–Crippen LogP) is 4.70. The minimum absolute atomic E-state index is 0.0279. The molecule has 1 N–H and O–H groups in total. The molecule has 2 rings (SSSR count). The van der Waals surface area contributed by atoms with Gasteiger partial charge in [-0.3, -0.25) is 9.59 Å². The van der Waals surface area contributed by atoms with Crippen molar-refractivity contribution in [3.05, 3.63) is 64.1 Å². The number of benzene rings is 2. The lowest BCUT2D eigenvalue weighted by atomic mass is 10.1. The summed E-state index contributed by atoms with van der Waals surface area (Å²) in [7, 11) is 0. The molecule has 2 atom stereocenters. The van der Waals surface area contributed by atoms with Crippen LogP contribution in [0.4, 0.5) is 0 Å². The van der Waals surface area contributed by atoms with Gasteiger partial charge in [0.25, 0.3) is 5.91 Å². The van der Waals surface area contributed by atoms with Crippen molar-refractivity contribution in [2.24, 2.45) is 0 Å². The molecule has 0 aliphatic rings. The molecule has 2 aromatic carbocycles. The summed E-state index contributed by atoms with van der Waals surface area (Å²) in [4.78, 5) is 27.1. The highest BCUT2D eigenvalue weighted by Gasteiger charge is 2.27. The predicted molar refractivity (Wildman–Crippen MR) is 116 cm³/mol. The highest BCUT2D eigenvalue weighted by atomic mass is 35.5. The molecule has 0 unspecified atom stereocenters. The molecule has 0 bridgehead atoms. The molecular weight excluding hydrogens is 411 g/mol.